The van der Waals surface area contributed by atoms with Crippen molar-refractivity contribution < 1.29 is 19.1 Å². The molecule has 7 heteroatoms. The maximum Gasteiger partial charge on any atom is 0.269 e. The Morgan fingerprint density at radius 3 is 2.42 bits per heavy atom. The van der Waals surface area contributed by atoms with Gasteiger partial charge in [-0.2, -0.15) is 0 Å². The molecule has 0 spiro atoms. The SMILES string of the molecule is COCOc1c(OC)ccc(C=Cc2ccc([N+](=O)[O-])cc2)c1Br. The van der Waals surface area contributed by atoms with Gasteiger partial charge in [-0.15, -0.1) is 0 Å². The molecule has 0 aliphatic rings. The predicted molar refractivity (Wildman–Crippen MR) is 95.2 cm³/mol. The highest BCUT2D eigenvalue weighted by Crippen LogP contribution is 2.38. The first-order valence-corrected chi connectivity index (χ1v) is 7.77. The number of non-ortho nitro benzene ring substituents is 1. The van der Waals surface area contributed by atoms with Crippen LogP contribution in [0.15, 0.2) is 40.9 Å². The molecular formula is C17H16BrNO5. The zero-order valence-corrected chi connectivity index (χ0v) is 14.8. The second kappa shape index (κ2) is 8.47. The van der Waals surface area contributed by atoms with E-state index in [-0.39, 0.29) is 12.5 Å². The lowest BCUT2D eigenvalue weighted by Gasteiger charge is -2.13. The van der Waals surface area contributed by atoms with Gasteiger partial charge in [-0.1, -0.05) is 12.2 Å². The fourth-order valence-corrected chi connectivity index (χ4v) is 2.56. The number of benzene rings is 2. The van der Waals surface area contributed by atoms with Crippen LogP contribution in [0, 0.1) is 10.1 Å². The zero-order valence-electron chi connectivity index (χ0n) is 13.2. The molecule has 0 aliphatic carbocycles. The molecule has 2 aromatic carbocycles. The summed E-state index contributed by atoms with van der Waals surface area (Å²) in [4.78, 5) is 10.2. The van der Waals surface area contributed by atoms with Gasteiger partial charge in [-0.25, -0.2) is 0 Å². The number of nitro benzene ring substituents is 1. The van der Waals surface area contributed by atoms with Gasteiger partial charge in [-0.05, 0) is 51.3 Å². The Bertz CT molecular complexity index is 743. The summed E-state index contributed by atoms with van der Waals surface area (Å²) in [7, 11) is 3.10. The van der Waals surface area contributed by atoms with Crippen molar-refractivity contribution >= 4 is 33.8 Å². The van der Waals surface area contributed by atoms with Gasteiger partial charge in [0.15, 0.2) is 18.3 Å². The van der Waals surface area contributed by atoms with Crippen molar-refractivity contribution in [1.82, 2.24) is 0 Å². The van der Waals surface area contributed by atoms with Crippen LogP contribution >= 0.6 is 15.9 Å². The number of nitro groups is 1. The molecule has 2 rings (SSSR count). The van der Waals surface area contributed by atoms with Crippen LogP contribution in [0.25, 0.3) is 12.2 Å². The molecule has 0 heterocycles. The number of nitrogens with zero attached hydrogens (tertiary/aromatic N) is 1. The first kappa shape index (κ1) is 18.0. The lowest BCUT2D eigenvalue weighted by Crippen LogP contribution is -2.02. The topological polar surface area (TPSA) is 70.8 Å². The summed E-state index contributed by atoms with van der Waals surface area (Å²) in [6.45, 7) is 0.102. The molecule has 126 valence electrons. The summed E-state index contributed by atoms with van der Waals surface area (Å²) in [6.07, 6.45) is 3.74. The summed E-state index contributed by atoms with van der Waals surface area (Å²) < 4.78 is 16.5. The Morgan fingerprint density at radius 1 is 1.12 bits per heavy atom. The van der Waals surface area contributed by atoms with Gasteiger partial charge >= 0.3 is 0 Å². The number of hydrogen-bond donors (Lipinski definition) is 0. The molecule has 2 aromatic rings. The Balaban J connectivity index is 2.26. The largest absolute Gasteiger partial charge is 0.493 e. The maximum atomic E-state index is 10.7. The van der Waals surface area contributed by atoms with Crippen molar-refractivity contribution in [2.45, 2.75) is 0 Å². The molecule has 0 atom stereocenters. The van der Waals surface area contributed by atoms with Crippen LogP contribution in [-0.2, 0) is 4.74 Å². The number of rotatable bonds is 7. The Morgan fingerprint density at radius 2 is 1.83 bits per heavy atom. The van der Waals surface area contributed by atoms with Crippen molar-refractivity contribution in [3.8, 4) is 11.5 Å². The monoisotopic (exact) mass is 393 g/mol. The minimum absolute atomic E-state index is 0.0630. The van der Waals surface area contributed by atoms with Crippen LogP contribution in [0.2, 0.25) is 0 Å². The van der Waals surface area contributed by atoms with Crippen molar-refractivity contribution in [3.63, 3.8) is 0 Å². The van der Waals surface area contributed by atoms with E-state index in [1.54, 1.807) is 32.4 Å². The average Bonchev–Trinajstić information content (AvgIpc) is 2.59. The molecule has 0 radical (unpaired) electrons. The molecule has 0 unspecified atom stereocenters. The summed E-state index contributed by atoms with van der Waals surface area (Å²) in [5.74, 6) is 1.14. The molecule has 0 aromatic heterocycles. The molecule has 0 saturated carbocycles. The van der Waals surface area contributed by atoms with Gasteiger partial charge in [0.2, 0.25) is 0 Å². The number of halogens is 1. The Labute approximate surface area is 147 Å². The van der Waals surface area contributed by atoms with Gasteiger partial charge in [-0.3, -0.25) is 10.1 Å². The highest BCUT2D eigenvalue weighted by Gasteiger charge is 2.12. The number of hydrogen-bond acceptors (Lipinski definition) is 5. The van der Waals surface area contributed by atoms with Crippen LogP contribution in [0.3, 0.4) is 0 Å². The maximum absolute atomic E-state index is 10.7. The van der Waals surface area contributed by atoms with E-state index in [4.69, 9.17) is 14.2 Å². The smallest absolute Gasteiger partial charge is 0.269 e. The molecule has 0 amide bonds. The lowest BCUT2D eigenvalue weighted by atomic mass is 10.1. The third-order valence-corrected chi connectivity index (χ3v) is 4.01. The molecule has 6 nitrogen and oxygen atoms in total. The van der Waals surface area contributed by atoms with Crippen molar-refractivity contribution in [2.24, 2.45) is 0 Å². The van der Waals surface area contributed by atoms with Gasteiger partial charge < -0.3 is 14.2 Å². The first-order valence-electron chi connectivity index (χ1n) is 6.97. The van der Waals surface area contributed by atoms with E-state index in [1.807, 2.05) is 18.2 Å². The van der Waals surface area contributed by atoms with Crippen LogP contribution in [-0.4, -0.2) is 25.9 Å². The fraction of sp³-hybridized carbons (Fsp3) is 0.176. The van der Waals surface area contributed by atoms with Crippen LogP contribution in [0.4, 0.5) is 5.69 Å². The molecule has 0 saturated heterocycles. The fourth-order valence-electron chi connectivity index (χ4n) is 1.99. The van der Waals surface area contributed by atoms with E-state index in [0.717, 1.165) is 15.6 Å². The van der Waals surface area contributed by atoms with Gasteiger partial charge in [0.1, 0.15) is 0 Å². The van der Waals surface area contributed by atoms with Crippen LogP contribution < -0.4 is 9.47 Å². The Kier molecular flexibility index (Phi) is 6.34. The zero-order chi connectivity index (χ0) is 17.5. The minimum Gasteiger partial charge on any atom is -0.493 e. The van der Waals surface area contributed by atoms with Crippen molar-refractivity contribution in [2.75, 3.05) is 21.0 Å². The number of ether oxygens (including phenoxy) is 3. The minimum atomic E-state index is -0.424. The second-order valence-corrected chi connectivity index (χ2v) is 5.53. The van der Waals surface area contributed by atoms with Gasteiger partial charge in [0.05, 0.1) is 16.5 Å². The third-order valence-electron chi connectivity index (χ3n) is 3.19. The second-order valence-electron chi connectivity index (χ2n) is 4.73. The number of methoxy groups -OCH3 is 2. The molecular weight excluding hydrogens is 378 g/mol. The predicted octanol–water partition coefficient (Wildman–Crippen LogP) is 4.52. The molecule has 0 fully saturated rings. The third kappa shape index (κ3) is 4.33. The van der Waals surface area contributed by atoms with Crippen molar-refractivity contribution in [1.29, 1.82) is 0 Å². The van der Waals surface area contributed by atoms with Crippen LogP contribution in [0.1, 0.15) is 11.1 Å². The molecule has 0 N–H and O–H groups in total. The molecule has 0 bridgehead atoms. The standard InChI is InChI=1S/C17H16BrNO5/c1-22-11-24-17-15(23-2)10-7-13(16(17)18)6-3-12-4-8-14(9-5-12)19(20)21/h3-10H,11H2,1-2H3. The van der Waals surface area contributed by atoms with E-state index in [9.17, 15) is 10.1 Å². The van der Waals surface area contributed by atoms with Gasteiger partial charge in [0.25, 0.3) is 5.69 Å². The van der Waals surface area contributed by atoms with Crippen molar-refractivity contribution in [3.05, 3.63) is 62.1 Å². The highest BCUT2D eigenvalue weighted by atomic mass is 79.9. The van der Waals surface area contributed by atoms with Crippen LogP contribution in [0.5, 0.6) is 11.5 Å². The summed E-state index contributed by atoms with van der Waals surface area (Å²) in [5, 5.41) is 10.7. The normalized spacial score (nSPS) is 10.8. The van der Waals surface area contributed by atoms with E-state index in [2.05, 4.69) is 15.9 Å². The highest BCUT2D eigenvalue weighted by molar-refractivity contribution is 9.10. The first-order chi connectivity index (χ1) is 11.6. The summed E-state index contributed by atoms with van der Waals surface area (Å²) in [5.41, 5.74) is 1.79. The average molecular weight is 394 g/mol. The lowest BCUT2D eigenvalue weighted by molar-refractivity contribution is -0.384. The summed E-state index contributed by atoms with van der Waals surface area (Å²) >= 11 is 3.51. The van der Waals surface area contributed by atoms with E-state index in [0.29, 0.717) is 11.5 Å². The van der Waals surface area contributed by atoms with Gasteiger partial charge in [0, 0.05) is 19.2 Å². The molecule has 0 aliphatic heterocycles. The Hall–Kier alpha value is -2.38. The quantitative estimate of drug-likeness (QED) is 0.299. The van der Waals surface area contributed by atoms with E-state index < -0.39 is 4.92 Å². The van der Waals surface area contributed by atoms with E-state index >= 15 is 0 Å². The van der Waals surface area contributed by atoms with E-state index in [1.165, 1.54) is 12.1 Å². The summed E-state index contributed by atoms with van der Waals surface area (Å²) in [6, 6.07) is 9.99. The molecule has 24 heavy (non-hydrogen) atoms.